The van der Waals surface area contributed by atoms with Crippen LogP contribution in [0.3, 0.4) is 0 Å². The second-order valence-corrected chi connectivity index (χ2v) is 9.93. The van der Waals surface area contributed by atoms with Gasteiger partial charge >= 0.3 is 0 Å². The van der Waals surface area contributed by atoms with E-state index in [2.05, 4.69) is 24.1 Å². The van der Waals surface area contributed by atoms with E-state index in [0.29, 0.717) is 61.2 Å². The van der Waals surface area contributed by atoms with Gasteiger partial charge in [-0.25, -0.2) is 0 Å². The number of likely N-dealkylation sites (tertiary alicyclic amines) is 1. The highest BCUT2D eigenvalue weighted by Gasteiger charge is 2.30. The first kappa shape index (κ1) is 26.3. The summed E-state index contributed by atoms with van der Waals surface area (Å²) in [6.07, 6.45) is 2.14. The monoisotopic (exact) mass is 467 g/mol. The first-order valence-electron chi connectivity index (χ1n) is 11.3. The molecule has 1 aliphatic rings. The standard InChI is InChI=1S/C24H38ClN3O4/c1-7-12-32-21-19(25)13-18(14-20(21)31-6)23(30)28-10-8-17(9-11-28)22(29)26-15-24(2,3)16-27(4)5/h13-14,17H,7-12,15-16H2,1-6H3,(H,26,29). The maximum absolute atomic E-state index is 13.0. The van der Waals surface area contributed by atoms with Crippen molar-refractivity contribution < 1.29 is 19.1 Å². The molecule has 1 aliphatic heterocycles. The summed E-state index contributed by atoms with van der Waals surface area (Å²) < 4.78 is 11.1. The fraction of sp³-hybridized carbons (Fsp3) is 0.667. The van der Waals surface area contributed by atoms with Crippen molar-refractivity contribution in [3.05, 3.63) is 22.7 Å². The lowest BCUT2D eigenvalue weighted by molar-refractivity contribution is -0.126. The summed E-state index contributed by atoms with van der Waals surface area (Å²) >= 11 is 6.37. The van der Waals surface area contributed by atoms with Gasteiger partial charge in [-0.15, -0.1) is 0 Å². The van der Waals surface area contributed by atoms with Crippen molar-refractivity contribution in [3.8, 4) is 11.5 Å². The molecule has 0 aromatic heterocycles. The Bertz CT molecular complexity index is 790. The van der Waals surface area contributed by atoms with Crippen LogP contribution in [-0.4, -0.2) is 75.6 Å². The minimum atomic E-state index is -0.113. The molecular formula is C24H38ClN3O4. The smallest absolute Gasteiger partial charge is 0.254 e. The zero-order valence-electron chi connectivity index (χ0n) is 20.3. The van der Waals surface area contributed by atoms with Gasteiger partial charge < -0.3 is 24.6 Å². The number of halogens is 1. The Labute approximate surface area is 197 Å². The Morgan fingerprint density at radius 2 is 1.91 bits per heavy atom. The molecule has 7 nitrogen and oxygen atoms in total. The van der Waals surface area contributed by atoms with E-state index in [4.69, 9.17) is 21.1 Å². The zero-order valence-corrected chi connectivity index (χ0v) is 21.1. The van der Waals surface area contributed by atoms with E-state index in [-0.39, 0.29) is 23.1 Å². The van der Waals surface area contributed by atoms with Crippen molar-refractivity contribution in [2.45, 2.75) is 40.0 Å². The van der Waals surface area contributed by atoms with E-state index >= 15 is 0 Å². The van der Waals surface area contributed by atoms with Crippen LogP contribution in [-0.2, 0) is 4.79 Å². The van der Waals surface area contributed by atoms with E-state index in [0.717, 1.165) is 13.0 Å². The molecule has 2 amide bonds. The van der Waals surface area contributed by atoms with Crippen LogP contribution in [0.2, 0.25) is 5.02 Å². The Kier molecular flexibility index (Phi) is 9.64. The third-order valence-corrected chi connectivity index (χ3v) is 5.85. The molecule has 1 saturated heterocycles. The van der Waals surface area contributed by atoms with Crippen LogP contribution in [0.15, 0.2) is 12.1 Å². The Morgan fingerprint density at radius 1 is 1.25 bits per heavy atom. The number of rotatable bonds is 10. The summed E-state index contributed by atoms with van der Waals surface area (Å²) in [5, 5.41) is 3.46. The van der Waals surface area contributed by atoms with E-state index < -0.39 is 0 Å². The minimum absolute atomic E-state index is 0.00115. The molecule has 1 aromatic rings. The molecule has 0 atom stereocenters. The SMILES string of the molecule is CCCOc1c(Cl)cc(C(=O)N2CCC(C(=O)NCC(C)(C)CN(C)C)CC2)cc1OC. The van der Waals surface area contributed by atoms with Crippen LogP contribution in [0, 0.1) is 11.3 Å². The number of methoxy groups -OCH3 is 1. The number of hydrogen-bond donors (Lipinski definition) is 1. The third-order valence-electron chi connectivity index (χ3n) is 5.57. The van der Waals surface area contributed by atoms with Crippen molar-refractivity contribution in [2.75, 3.05) is 54.0 Å². The Hall–Kier alpha value is -1.99. The van der Waals surface area contributed by atoms with E-state index in [1.165, 1.54) is 7.11 Å². The lowest BCUT2D eigenvalue weighted by atomic mass is 9.91. The maximum atomic E-state index is 13.0. The molecule has 1 N–H and O–H groups in total. The second-order valence-electron chi connectivity index (χ2n) is 9.52. The van der Waals surface area contributed by atoms with Crippen molar-refractivity contribution in [1.82, 2.24) is 15.1 Å². The quantitative estimate of drug-likeness (QED) is 0.568. The summed E-state index contributed by atoms with van der Waals surface area (Å²) in [4.78, 5) is 29.6. The number of hydrogen-bond acceptors (Lipinski definition) is 5. The highest BCUT2D eigenvalue weighted by Crippen LogP contribution is 2.37. The number of nitrogens with one attached hydrogen (secondary N) is 1. The lowest BCUT2D eigenvalue weighted by Crippen LogP contribution is -2.46. The number of piperidine rings is 1. The summed E-state index contributed by atoms with van der Waals surface area (Å²) in [5.41, 5.74) is 0.463. The molecular weight excluding hydrogens is 430 g/mol. The zero-order chi connectivity index (χ0) is 23.9. The van der Waals surface area contributed by atoms with Crippen LogP contribution in [0.1, 0.15) is 50.4 Å². The Morgan fingerprint density at radius 3 is 2.47 bits per heavy atom. The molecule has 2 rings (SSSR count). The van der Waals surface area contributed by atoms with E-state index in [1.807, 2.05) is 21.0 Å². The lowest BCUT2D eigenvalue weighted by Gasteiger charge is -2.33. The van der Waals surface area contributed by atoms with Gasteiger partial charge in [-0.3, -0.25) is 9.59 Å². The number of benzene rings is 1. The normalized spacial score (nSPS) is 15.1. The predicted octanol–water partition coefficient (Wildman–Crippen LogP) is 3.69. The fourth-order valence-corrected chi connectivity index (χ4v) is 4.36. The molecule has 0 unspecified atom stereocenters. The number of nitrogens with zero attached hydrogens (tertiary/aromatic N) is 2. The van der Waals surface area contributed by atoms with Crippen LogP contribution in [0.5, 0.6) is 11.5 Å². The van der Waals surface area contributed by atoms with Crippen LogP contribution in [0.4, 0.5) is 0 Å². The van der Waals surface area contributed by atoms with Gasteiger partial charge in [0.15, 0.2) is 11.5 Å². The average Bonchev–Trinajstić information content (AvgIpc) is 2.75. The minimum Gasteiger partial charge on any atom is -0.493 e. The topological polar surface area (TPSA) is 71.1 Å². The van der Waals surface area contributed by atoms with Crippen LogP contribution >= 0.6 is 11.6 Å². The molecule has 8 heteroatoms. The molecule has 1 fully saturated rings. The van der Waals surface area contributed by atoms with Gasteiger partial charge in [0.05, 0.1) is 18.7 Å². The molecule has 1 heterocycles. The van der Waals surface area contributed by atoms with Gasteiger partial charge in [0.1, 0.15) is 0 Å². The van der Waals surface area contributed by atoms with Crippen molar-refractivity contribution in [3.63, 3.8) is 0 Å². The molecule has 0 aliphatic carbocycles. The second kappa shape index (κ2) is 11.8. The summed E-state index contributed by atoms with van der Waals surface area (Å²) in [6.45, 7) is 9.41. The largest absolute Gasteiger partial charge is 0.493 e. The molecule has 0 spiro atoms. The van der Waals surface area contributed by atoms with Crippen LogP contribution in [0.25, 0.3) is 0 Å². The third kappa shape index (κ3) is 7.27. The maximum Gasteiger partial charge on any atom is 0.254 e. The van der Waals surface area contributed by atoms with Gasteiger partial charge in [0, 0.05) is 37.7 Å². The highest BCUT2D eigenvalue weighted by molar-refractivity contribution is 6.32. The molecule has 1 aromatic carbocycles. The van der Waals surface area contributed by atoms with Crippen molar-refractivity contribution in [2.24, 2.45) is 11.3 Å². The summed E-state index contributed by atoms with van der Waals surface area (Å²) in [6, 6.07) is 3.30. The van der Waals surface area contributed by atoms with Gasteiger partial charge in [-0.05, 0) is 50.9 Å². The molecule has 0 bridgehead atoms. The fourth-order valence-electron chi connectivity index (χ4n) is 4.10. The van der Waals surface area contributed by atoms with E-state index in [9.17, 15) is 9.59 Å². The van der Waals surface area contributed by atoms with Crippen molar-refractivity contribution >= 4 is 23.4 Å². The van der Waals surface area contributed by atoms with Crippen LogP contribution < -0.4 is 14.8 Å². The van der Waals surface area contributed by atoms with Crippen molar-refractivity contribution in [1.29, 1.82) is 0 Å². The predicted molar refractivity (Wildman–Crippen MR) is 128 cm³/mol. The Balaban J connectivity index is 1.95. The number of carbonyl (C=O) groups is 2. The first-order valence-corrected chi connectivity index (χ1v) is 11.7. The average molecular weight is 468 g/mol. The summed E-state index contributed by atoms with van der Waals surface area (Å²) in [7, 11) is 5.60. The number of carbonyl (C=O) groups excluding carboxylic acids is 2. The van der Waals surface area contributed by atoms with Gasteiger partial charge in [0.25, 0.3) is 5.91 Å². The van der Waals surface area contributed by atoms with E-state index in [1.54, 1.807) is 17.0 Å². The molecule has 32 heavy (non-hydrogen) atoms. The van der Waals surface area contributed by atoms with Gasteiger partial charge in [-0.1, -0.05) is 32.4 Å². The molecule has 0 saturated carbocycles. The molecule has 180 valence electrons. The molecule has 0 radical (unpaired) electrons. The first-order chi connectivity index (χ1) is 15.1. The number of ether oxygens (including phenoxy) is 2. The number of amides is 2. The summed E-state index contributed by atoms with van der Waals surface area (Å²) in [5.74, 6) is 0.797. The highest BCUT2D eigenvalue weighted by atomic mass is 35.5. The van der Waals surface area contributed by atoms with Gasteiger partial charge in [0.2, 0.25) is 5.91 Å². The van der Waals surface area contributed by atoms with Gasteiger partial charge in [-0.2, -0.15) is 0 Å².